The number of halogens is 3. The molecular formula is C30H25Cl2FN4O2. The molecule has 2 N–H and O–H groups in total. The lowest BCUT2D eigenvalue weighted by molar-refractivity contribution is -0.116. The van der Waals surface area contributed by atoms with E-state index in [1.807, 2.05) is 26.0 Å². The number of ketones is 1. The summed E-state index contributed by atoms with van der Waals surface area (Å²) >= 11 is 12.6. The van der Waals surface area contributed by atoms with Crippen LogP contribution in [0.4, 0.5) is 10.1 Å². The quantitative estimate of drug-likeness (QED) is 0.335. The van der Waals surface area contributed by atoms with Crippen molar-refractivity contribution in [2.24, 2.45) is 5.73 Å². The first-order valence-electron chi connectivity index (χ1n) is 12.5. The standard InChI is InChI=1S/C30H25Cl2FN4O2/c1-16-11-18(15-39-26-9-8-19(33)13-22(26)31)17(2)20(12-16)27-21(14-34)30(35)37(24-6-4-10-36-29(24)32)23-5-3-7-25(38)28(23)27/h4,6,8-13,27H,3,5,7,15,35H2,1-2H3. The van der Waals surface area contributed by atoms with E-state index in [1.54, 1.807) is 23.2 Å². The molecule has 0 spiro atoms. The summed E-state index contributed by atoms with van der Waals surface area (Å²) < 4.78 is 19.4. The molecule has 2 aromatic carbocycles. The molecule has 2 heterocycles. The number of anilines is 1. The number of carbonyl (C=O) groups excluding carboxylic acids is 1. The van der Waals surface area contributed by atoms with Gasteiger partial charge in [0, 0.05) is 23.9 Å². The lowest BCUT2D eigenvalue weighted by Crippen LogP contribution is -2.39. The van der Waals surface area contributed by atoms with Crippen LogP contribution < -0.4 is 15.4 Å². The number of benzene rings is 2. The highest BCUT2D eigenvalue weighted by molar-refractivity contribution is 6.32. The van der Waals surface area contributed by atoms with E-state index in [2.05, 4.69) is 11.1 Å². The fourth-order valence-corrected chi connectivity index (χ4v) is 5.80. The number of nitrogens with two attached hydrogens (primary N) is 1. The van der Waals surface area contributed by atoms with Crippen molar-refractivity contribution in [3.63, 3.8) is 0 Å². The van der Waals surface area contributed by atoms with Gasteiger partial charge in [-0.05, 0) is 73.7 Å². The van der Waals surface area contributed by atoms with Crippen LogP contribution in [0.2, 0.25) is 10.2 Å². The third-order valence-electron chi connectivity index (χ3n) is 7.18. The number of aromatic nitrogens is 1. The number of ether oxygens (including phenoxy) is 1. The number of hydrogen-bond donors (Lipinski definition) is 1. The molecule has 0 saturated heterocycles. The first-order chi connectivity index (χ1) is 18.7. The van der Waals surface area contributed by atoms with Gasteiger partial charge in [0.1, 0.15) is 24.0 Å². The number of hydrogen-bond acceptors (Lipinski definition) is 6. The topological polar surface area (TPSA) is 92.2 Å². The van der Waals surface area contributed by atoms with Crippen molar-refractivity contribution in [3.05, 3.63) is 110 Å². The zero-order chi connectivity index (χ0) is 27.8. The fraction of sp³-hybridized carbons (Fsp3) is 0.233. The fourth-order valence-electron chi connectivity index (χ4n) is 5.38. The number of nitrogens with zero attached hydrogens (tertiary/aromatic N) is 3. The molecule has 39 heavy (non-hydrogen) atoms. The lowest BCUT2D eigenvalue weighted by atomic mass is 9.73. The van der Waals surface area contributed by atoms with E-state index in [1.165, 1.54) is 18.2 Å². The molecule has 1 atom stereocenters. The van der Waals surface area contributed by atoms with Crippen LogP contribution in [0.15, 0.2) is 71.3 Å². The summed E-state index contributed by atoms with van der Waals surface area (Å²) in [5.74, 6) is -0.532. The van der Waals surface area contributed by atoms with Crippen molar-refractivity contribution in [2.75, 3.05) is 4.90 Å². The van der Waals surface area contributed by atoms with Crippen molar-refractivity contribution in [2.45, 2.75) is 45.6 Å². The molecule has 2 aliphatic rings. The summed E-state index contributed by atoms with van der Waals surface area (Å²) in [5, 5.41) is 10.8. The number of nitriles is 1. The second-order valence-corrected chi connectivity index (χ2v) is 10.4. The van der Waals surface area contributed by atoms with E-state index in [-0.39, 0.29) is 34.0 Å². The zero-order valence-corrected chi connectivity index (χ0v) is 22.9. The van der Waals surface area contributed by atoms with Crippen molar-refractivity contribution in [1.29, 1.82) is 5.26 Å². The van der Waals surface area contributed by atoms with Gasteiger partial charge in [-0.2, -0.15) is 5.26 Å². The number of rotatable bonds is 5. The predicted molar refractivity (Wildman–Crippen MR) is 149 cm³/mol. The molecule has 198 valence electrons. The number of Topliss-reactive ketones (excluding diaryl/α,β-unsaturated/α-hetero) is 1. The maximum Gasteiger partial charge on any atom is 0.161 e. The van der Waals surface area contributed by atoms with Crippen molar-refractivity contribution >= 4 is 34.7 Å². The minimum Gasteiger partial charge on any atom is -0.487 e. The highest BCUT2D eigenvalue weighted by atomic mass is 35.5. The molecule has 1 aromatic heterocycles. The van der Waals surface area contributed by atoms with Gasteiger partial charge in [0.15, 0.2) is 10.9 Å². The summed E-state index contributed by atoms with van der Waals surface area (Å²) in [4.78, 5) is 19.4. The lowest BCUT2D eigenvalue weighted by Gasteiger charge is -2.40. The van der Waals surface area contributed by atoms with Gasteiger partial charge in [-0.15, -0.1) is 0 Å². The van der Waals surface area contributed by atoms with E-state index < -0.39 is 11.7 Å². The van der Waals surface area contributed by atoms with E-state index >= 15 is 0 Å². The Morgan fingerprint density at radius 2 is 2.00 bits per heavy atom. The van der Waals surface area contributed by atoms with Crippen molar-refractivity contribution < 1.29 is 13.9 Å². The first kappa shape index (κ1) is 26.7. The monoisotopic (exact) mass is 562 g/mol. The van der Waals surface area contributed by atoms with E-state index in [9.17, 15) is 14.4 Å². The maximum atomic E-state index is 13.5. The molecule has 3 aromatic rings. The number of allylic oxidation sites excluding steroid dienone is 3. The van der Waals surface area contributed by atoms with Gasteiger partial charge in [-0.3, -0.25) is 9.69 Å². The van der Waals surface area contributed by atoms with Gasteiger partial charge in [-0.25, -0.2) is 9.37 Å². The largest absolute Gasteiger partial charge is 0.487 e. The normalized spacial score (nSPS) is 17.3. The molecular weight excluding hydrogens is 538 g/mol. The summed E-state index contributed by atoms with van der Waals surface area (Å²) in [7, 11) is 0. The molecule has 0 fully saturated rings. The van der Waals surface area contributed by atoms with Gasteiger partial charge in [0.25, 0.3) is 0 Å². The maximum absolute atomic E-state index is 13.5. The number of carbonyl (C=O) groups is 1. The van der Waals surface area contributed by atoms with Crippen LogP contribution in [0, 0.1) is 31.0 Å². The Labute approximate surface area is 236 Å². The molecule has 1 aliphatic carbocycles. The Bertz CT molecular complexity index is 1610. The van der Waals surface area contributed by atoms with Crippen LogP contribution in [0.5, 0.6) is 5.75 Å². The average molecular weight is 563 g/mol. The summed E-state index contributed by atoms with van der Waals surface area (Å²) in [6, 6.07) is 13.7. The van der Waals surface area contributed by atoms with Crippen molar-refractivity contribution in [1.82, 2.24) is 4.98 Å². The van der Waals surface area contributed by atoms with Gasteiger partial charge in [-0.1, -0.05) is 40.9 Å². The van der Waals surface area contributed by atoms with Crippen LogP contribution in [0.25, 0.3) is 0 Å². The molecule has 1 aliphatic heterocycles. The molecule has 0 radical (unpaired) electrons. The highest BCUT2D eigenvalue weighted by Crippen LogP contribution is 2.48. The molecule has 0 bridgehead atoms. The van der Waals surface area contributed by atoms with Gasteiger partial charge in [0.2, 0.25) is 0 Å². The Balaban J connectivity index is 1.64. The van der Waals surface area contributed by atoms with E-state index in [0.29, 0.717) is 36.3 Å². The molecule has 0 amide bonds. The second kappa shape index (κ2) is 10.7. The third-order valence-corrected chi connectivity index (χ3v) is 7.77. The second-order valence-electron chi connectivity index (χ2n) is 9.63. The molecule has 5 rings (SSSR count). The predicted octanol–water partition coefficient (Wildman–Crippen LogP) is 7.03. The minimum absolute atomic E-state index is 0.0247. The molecule has 6 nitrogen and oxygen atoms in total. The van der Waals surface area contributed by atoms with E-state index in [0.717, 1.165) is 28.0 Å². The van der Waals surface area contributed by atoms with Gasteiger partial charge >= 0.3 is 0 Å². The van der Waals surface area contributed by atoms with Crippen LogP contribution in [-0.2, 0) is 11.4 Å². The van der Waals surface area contributed by atoms with Gasteiger partial charge < -0.3 is 10.5 Å². The summed E-state index contributed by atoms with van der Waals surface area (Å²) in [6.45, 7) is 4.04. The average Bonchev–Trinajstić information content (AvgIpc) is 2.90. The molecule has 1 unspecified atom stereocenters. The first-order valence-corrected chi connectivity index (χ1v) is 13.2. The number of pyridine rings is 1. The smallest absolute Gasteiger partial charge is 0.161 e. The minimum atomic E-state index is -0.641. The third kappa shape index (κ3) is 4.87. The Morgan fingerprint density at radius 3 is 2.72 bits per heavy atom. The van der Waals surface area contributed by atoms with Gasteiger partial charge in [0.05, 0.1) is 28.3 Å². The van der Waals surface area contributed by atoms with Crippen LogP contribution >= 0.6 is 23.2 Å². The van der Waals surface area contributed by atoms with Crippen LogP contribution in [-0.4, -0.2) is 10.8 Å². The Morgan fingerprint density at radius 1 is 1.21 bits per heavy atom. The van der Waals surface area contributed by atoms with Crippen molar-refractivity contribution in [3.8, 4) is 11.8 Å². The Hall–Kier alpha value is -3.86. The van der Waals surface area contributed by atoms with Crippen LogP contribution in [0.1, 0.15) is 47.4 Å². The zero-order valence-electron chi connectivity index (χ0n) is 21.4. The Kier molecular flexibility index (Phi) is 7.35. The van der Waals surface area contributed by atoms with Crippen LogP contribution in [0.3, 0.4) is 0 Å². The number of aryl methyl sites for hydroxylation is 1. The molecule has 0 saturated carbocycles. The highest BCUT2D eigenvalue weighted by Gasteiger charge is 2.41. The molecule has 9 heteroatoms. The summed E-state index contributed by atoms with van der Waals surface area (Å²) in [6.07, 6.45) is 3.22. The summed E-state index contributed by atoms with van der Waals surface area (Å²) in [5.41, 5.74) is 12.2. The van der Waals surface area contributed by atoms with E-state index in [4.69, 9.17) is 33.7 Å². The SMILES string of the molecule is Cc1cc(COc2ccc(F)cc2Cl)c(C)c(C2C(C#N)=C(N)N(c3cccnc3Cl)C3=C2C(=O)CCC3)c1.